The number of benzene rings is 10. The molecule has 0 fully saturated rings. The molecule has 1 aliphatic heterocycles. The summed E-state index contributed by atoms with van der Waals surface area (Å²) >= 11 is 0. The van der Waals surface area contributed by atoms with Crippen molar-refractivity contribution in [2.24, 2.45) is 0 Å². The highest BCUT2D eigenvalue weighted by atomic mass is 16.5. The van der Waals surface area contributed by atoms with Crippen molar-refractivity contribution >= 4 is 40.2 Å². The maximum atomic E-state index is 11.5. The van der Waals surface area contributed by atoms with Gasteiger partial charge in [-0.05, 0) is 129 Å². The standard InChI is InChI=1S/C75H67NO2/c1-3-5-7-12-22-54-34-42-61(43-35-54)75(62-44-36-55(37-45-62)23-13-8-6-4-2)70-52-65(76(63-26-16-10-17-27-63)64-28-18-11-19-29-64)48-49-68(70)71-66-30-20-21-31-67(66)73-69(72(71)75)50-51-74(78-73,59-24-14-9-15-25-59)60-46-40-58(41-47-60)57-38-32-56(53-77)33-39-57/h9-11,14-21,24-53H,3-8,12-13,22-23H2,1-2H3. The average molecular weight is 1010 g/mol. The van der Waals surface area contributed by atoms with Gasteiger partial charge in [0.2, 0.25) is 0 Å². The maximum Gasteiger partial charge on any atom is 0.178 e. The van der Waals surface area contributed by atoms with Crippen LogP contribution >= 0.6 is 0 Å². The average Bonchev–Trinajstić information content (AvgIpc) is 3.46. The molecule has 0 N–H and O–H groups in total. The second-order valence-electron chi connectivity index (χ2n) is 21.4. The molecule has 0 spiro atoms. The first kappa shape index (κ1) is 50.3. The van der Waals surface area contributed by atoms with E-state index < -0.39 is 11.0 Å². The van der Waals surface area contributed by atoms with Crippen molar-refractivity contribution < 1.29 is 9.53 Å². The topological polar surface area (TPSA) is 29.5 Å². The van der Waals surface area contributed by atoms with E-state index in [1.54, 1.807) is 0 Å². The number of unbranched alkanes of at least 4 members (excludes halogenated alkanes) is 6. The smallest absolute Gasteiger partial charge is 0.178 e. The quantitative estimate of drug-likeness (QED) is 0.0597. The monoisotopic (exact) mass is 1010 g/mol. The van der Waals surface area contributed by atoms with Gasteiger partial charge in [-0.25, -0.2) is 0 Å². The molecule has 2 aliphatic rings. The van der Waals surface area contributed by atoms with E-state index in [0.717, 1.165) is 80.5 Å². The van der Waals surface area contributed by atoms with Gasteiger partial charge in [0.15, 0.2) is 5.60 Å². The van der Waals surface area contributed by atoms with Crippen LogP contribution in [0.1, 0.15) is 126 Å². The van der Waals surface area contributed by atoms with E-state index in [1.165, 1.54) is 95.9 Å². The van der Waals surface area contributed by atoms with Crippen molar-refractivity contribution in [2.75, 3.05) is 4.90 Å². The van der Waals surface area contributed by atoms with Crippen LogP contribution < -0.4 is 9.64 Å². The number of ether oxygens (including phenoxy) is 1. The second-order valence-corrected chi connectivity index (χ2v) is 21.4. The minimum Gasteiger partial charge on any atom is -0.472 e. The molecule has 0 amide bonds. The van der Waals surface area contributed by atoms with Gasteiger partial charge in [-0.2, -0.15) is 0 Å². The van der Waals surface area contributed by atoms with Gasteiger partial charge < -0.3 is 9.64 Å². The summed E-state index contributed by atoms with van der Waals surface area (Å²) in [5, 5.41) is 2.24. The third-order valence-corrected chi connectivity index (χ3v) is 16.6. The Morgan fingerprint density at radius 3 is 1.51 bits per heavy atom. The van der Waals surface area contributed by atoms with Crippen LogP contribution in [-0.2, 0) is 23.9 Å². The molecule has 12 rings (SSSR count). The van der Waals surface area contributed by atoms with Crippen LogP contribution in [0.4, 0.5) is 17.1 Å². The van der Waals surface area contributed by atoms with Crippen LogP contribution in [0.25, 0.3) is 39.1 Å². The van der Waals surface area contributed by atoms with Crippen molar-refractivity contribution in [3.63, 3.8) is 0 Å². The number of aryl methyl sites for hydroxylation is 2. The summed E-state index contributed by atoms with van der Waals surface area (Å²) in [4.78, 5) is 14.0. The lowest BCUT2D eigenvalue weighted by Gasteiger charge is -2.40. The lowest BCUT2D eigenvalue weighted by molar-refractivity contribution is 0.112. The summed E-state index contributed by atoms with van der Waals surface area (Å²) in [5.41, 5.74) is 17.7. The fourth-order valence-corrected chi connectivity index (χ4v) is 12.6. The largest absolute Gasteiger partial charge is 0.472 e. The fraction of sp³-hybridized carbons (Fsp3) is 0.187. The molecule has 0 bridgehead atoms. The van der Waals surface area contributed by atoms with Crippen LogP contribution in [-0.4, -0.2) is 6.29 Å². The van der Waals surface area contributed by atoms with Gasteiger partial charge in [0, 0.05) is 44.7 Å². The van der Waals surface area contributed by atoms with Crippen molar-refractivity contribution in [3.05, 3.63) is 292 Å². The normalized spacial score (nSPS) is 14.8. The Morgan fingerprint density at radius 1 is 0.462 bits per heavy atom. The first-order valence-corrected chi connectivity index (χ1v) is 28.5. The van der Waals surface area contributed by atoms with Gasteiger partial charge in [0.25, 0.3) is 0 Å². The zero-order valence-corrected chi connectivity index (χ0v) is 45.0. The van der Waals surface area contributed by atoms with Crippen molar-refractivity contribution in [3.8, 4) is 28.0 Å². The molecule has 0 saturated carbocycles. The molecule has 1 unspecified atom stereocenters. The van der Waals surface area contributed by atoms with Crippen LogP contribution in [0.5, 0.6) is 5.75 Å². The number of rotatable bonds is 19. The Morgan fingerprint density at radius 2 is 0.962 bits per heavy atom. The number of aldehydes is 1. The molecule has 10 aromatic rings. The predicted octanol–water partition coefficient (Wildman–Crippen LogP) is 19.7. The molecule has 3 heteroatoms. The summed E-state index contributed by atoms with van der Waals surface area (Å²) in [6, 6.07) is 84.4. The van der Waals surface area contributed by atoms with Gasteiger partial charge in [-0.3, -0.25) is 4.79 Å². The molecule has 0 aromatic heterocycles. The van der Waals surface area contributed by atoms with E-state index in [-0.39, 0.29) is 0 Å². The molecule has 0 saturated heterocycles. The van der Waals surface area contributed by atoms with Crippen LogP contribution in [0.2, 0.25) is 0 Å². The highest BCUT2D eigenvalue weighted by Gasteiger charge is 2.51. The minimum absolute atomic E-state index is 0.662. The third-order valence-electron chi connectivity index (χ3n) is 16.6. The zero-order valence-electron chi connectivity index (χ0n) is 45.0. The molecule has 3 nitrogen and oxygen atoms in total. The highest BCUT2D eigenvalue weighted by molar-refractivity contribution is 6.10. The van der Waals surface area contributed by atoms with Crippen LogP contribution in [0, 0.1) is 0 Å². The first-order valence-electron chi connectivity index (χ1n) is 28.5. The fourth-order valence-electron chi connectivity index (χ4n) is 12.6. The van der Waals surface area contributed by atoms with E-state index in [2.05, 4.69) is 237 Å². The molecular weight excluding hydrogens is 947 g/mol. The Kier molecular flexibility index (Phi) is 14.3. The number of hydrogen-bond acceptors (Lipinski definition) is 3. The van der Waals surface area contributed by atoms with Crippen molar-refractivity contribution in [1.29, 1.82) is 0 Å². The van der Waals surface area contributed by atoms with E-state index in [9.17, 15) is 4.79 Å². The lowest BCUT2D eigenvalue weighted by atomic mass is 9.65. The summed E-state index contributed by atoms with van der Waals surface area (Å²) < 4.78 is 7.98. The summed E-state index contributed by atoms with van der Waals surface area (Å²) in [5.74, 6) is 0.872. The maximum absolute atomic E-state index is 11.5. The number of hydrogen-bond donors (Lipinski definition) is 0. The minimum atomic E-state index is -0.961. The molecule has 384 valence electrons. The molecule has 0 radical (unpaired) electrons. The van der Waals surface area contributed by atoms with Gasteiger partial charge in [-0.15, -0.1) is 0 Å². The molecule has 10 aromatic carbocycles. The zero-order chi connectivity index (χ0) is 52.9. The first-order chi connectivity index (χ1) is 38.5. The molecular formula is C75H67NO2. The Balaban J connectivity index is 1.12. The Bertz CT molecular complexity index is 3620. The summed E-state index contributed by atoms with van der Waals surface area (Å²) in [6.45, 7) is 4.57. The molecule has 1 aliphatic carbocycles. The van der Waals surface area contributed by atoms with E-state index in [4.69, 9.17) is 4.74 Å². The second kappa shape index (κ2) is 22.2. The number of carbonyl (C=O) groups is 1. The Labute approximate surface area is 461 Å². The number of nitrogens with zero attached hydrogens (tertiary/aromatic N) is 1. The number of para-hydroxylation sites is 2. The molecule has 1 atom stereocenters. The van der Waals surface area contributed by atoms with E-state index >= 15 is 0 Å². The van der Waals surface area contributed by atoms with Gasteiger partial charge in [0.05, 0.1) is 5.41 Å². The van der Waals surface area contributed by atoms with E-state index in [0.29, 0.717) is 5.56 Å². The van der Waals surface area contributed by atoms with Crippen LogP contribution in [0.3, 0.4) is 0 Å². The third kappa shape index (κ3) is 9.15. The number of fused-ring (bicyclic) bond motifs is 8. The van der Waals surface area contributed by atoms with Gasteiger partial charge >= 0.3 is 0 Å². The van der Waals surface area contributed by atoms with Gasteiger partial charge in [-0.1, -0.05) is 253 Å². The van der Waals surface area contributed by atoms with Crippen LogP contribution in [0.15, 0.2) is 237 Å². The summed E-state index contributed by atoms with van der Waals surface area (Å²) in [7, 11) is 0. The number of anilines is 3. The predicted molar refractivity (Wildman–Crippen MR) is 326 cm³/mol. The lowest BCUT2D eigenvalue weighted by Crippen LogP contribution is -2.36. The SMILES string of the molecule is CCCCCCc1ccc(C2(c3ccc(CCCCCC)cc3)c3cc(N(c4ccccc4)c4ccccc4)ccc3-c3c2c2c(c4ccccc34)OC(c3ccccc3)(c3ccc(-c4ccc(C=O)cc4)cc3)C=C2)cc1. The highest BCUT2D eigenvalue weighted by Crippen LogP contribution is 2.63. The summed E-state index contributed by atoms with van der Waals surface area (Å²) in [6.07, 6.45) is 17.6. The number of carbonyl (C=O) groups excluding carboxylic acids is 1. The molecule has 78 heavy (non-hydrogen) atoms. The van der Waals surface area contributed by atoms with E-state index in [1.807, 2.05) is 24.3 Å². The van der Waals surface area contributed by atoms with Crippen molar-refractivity contribution in [1.82, 2.24) is 0 Å². The van der Waals surface area contributed by atoms with Gasteiger partial charge in [0.1, 0.15) is 12.0 Å². The van der Waals surface area contributed by atoms with Crippen molar-refractivity contribution in [2.45, 2.75) is 89.1 Å². The Hall–Kier alpha value is -8.53. The molecule has 1 heterocycles.